The quantitative estimate of drug-likeness (QED) is 0.347. The molecule has 0 saturated carbocycles. The Balaban J connectivity index is 3.89. The van der Waals surface area contributed by atoms with E-state index < -0.39 is 0 Å². The summed E-state index contributed by atoms with van der Waals surface area (Å²) >= 11 is 0. The Bertz CT molecular complexity index is 179. The summed E-state index contributed by atoms with van der Waals surface area (Å²) < 4.78 is 4.75. The van der Waals surface area contributed by atoms with Gasteiger partial charge in [0.05, 0.1) is 12.5 Å². The van der Waals surface area contributed by atoms with Gasteiger partial charge in [-0.3, -0.25) is 9.59 Å². The van der Waals surface area contributed by atoms with E-state index in [1.165, 1.54) is 12.5 Å². The van der Waals surface area contributed by atoms with Crippen LogP contribution in [0.15, 0.2) is 23.7 Å². The Labute approximate surface area is 65.4 Å². The zero-order valence-electron chi connectivity index (χ0n) is 6.53. The lowest BCUT2D eigenvalue weighted by atomic mass is 10.4. The van der Waals surface area contributed by atoms with E-state index in [2.05, 4.69) is 0 Å². The van der Waals surface area contributed by atoms with Gasteiger partial charge in [0.2, 0.25) is 0 Å². The summed E-state index contributed by atoms with van der Waals surface area (Å²) in [5.41, 5.74) is 0.944. The molecule has 0 rings (SSSR count). The Hall–Kier alpha value is -1.38. The van der Waals surface area contributed by atoms with Crippen molar-refractivity contribution in [3.05, 3.63) is 23.7 Å². The first kappa shape index (κ1) is 9.62. The van der Waals surface area contributed by atoms with Gasteiger partial charge in [-0.2, -0.15) is 0 Å². The molecule has 0 aromatic carbocycles. The van der Waals surface area contributed by atoms with E-state index >= 15 is 0 Å². The molecule has 0 aromatic heterocycles. The monoisotopic (exact) mass is 154 g/mol. The van der Waals surface area contributed by atoms with Gasteiger partial charge in [0.1, 0.15) is 12.6 Å². The summed E-state index contributed by atoms with van der Waals surface area (Å²) in [5.74, 6) is 0. The minimum atomic E-state index is 0.472. The largest absolute Gasteiger partial charge is 0.472 e. The highest BCUT2D eigenvalue weighted by molar-refractivity contribution is 5.72. The molecule has 0 spiro atoms. The lowest BCUT2D eigenvalue weighted by Crippen LogP contribution is -1.80. The normalized spacial score (nSPS) is 12.5. The summed E-state index contributed by atoms with van der Waals surface area (Å²) in [7, 11) is 0. The molecule has 0 unspecified atom stereocenters. The van der Waals surface area contributed by atoms with Crippen LogP contribution in [-0.4, -0.2) is 12.6 Å². The smallest absolute Gasteiger partial charge is 0.148 e. The zero-order valence-corrected chi connectivity index (χ0v) is 6.53. The second kappa shape index (κ2) is 5.41. The fourth-order valence-electron chi connectivity index (χ4n) is 0.304. The number of allylic oxidation sites excluding steroid dienone is 2. The Morgan fingerprint density at radius 2 is 1.36 bits per heavy atom. The molecule has 0 bridgehead atoms. The van der Waals surface area contributed by atoms with Crippen LogP contribution >= 0.6 is 0 Å². The number of hydrogen-bond donors (Lipinski definition) is 0. The van der Waals surface area contributed by atoms with Gasteiger partial charge in [0, 0.05) is 11.1 Å². The van der Waals surface area contributed by atoms with Crippen LogP contribution in [-0.2, 0) is 14.3 Å². The number of carbonyl (C=O) groups is 2. The lowest BCUT2D eigenvalue weighted by molar-refractivity contribution is -0.105. The van der Waals surface area contributed by atoms with Gasteiger partial charge in [0.15, 0.2) is 0 Å². The Kier molecular flexibility index (Phi) is 4.73. The number of carbonyl (C=O) groups excluding carboxylic acids is 2. The van der Waals surface area contributed by atoms with Crippen molar-refractivity contribution >= 4 is 12.6 Å². The van der Waals surface area contributed by atoms with Crippen LogP contribution in [0, 0.1) is 0 Å². The Morgan fingerprint density at radius 3 is 1.64 bits per heavy atom. The molecule has 0 fully saturated rings. The predicted molar refractivity (Wildman–Crippen MR) is 40.7 cm³/mol. The van der Waals surface area contributed by atoms with Gasteiger partial charge >= 0.3 is 0 Å². The average molecular weight is 154 g/mol. The molecular weight excluding hydrogens is 144 g/mol. The van der Waals surface area contributed by atoms with Crippen LogP contribution in [0.2, 0.25) is 0 Å². The maximum Gasteiger partial charge on any atom is 0.148 e. The van der Waals surface area contributed by atoms with Crippen molar-refractivity contribution in [1.29, 1.82) is 0 Å². The molecule has 0 saturated heterocycles. The molecule has 60 valence electrons. The second-order valence-electron chi connectivity index (χ2n) is 2.10. The van der Waals surface area contributed by atoms with E-state index in [-0.39, 0.29) is 0 Å². The van der Waals surface area contributed by atoms with Crippen molar-refractivity contribution in [1.82, 2.24) is 0 Å². The summed E-state index contributed by atoms with van der Waals surface area (Å²) in [6, 6.07) is 0. The van der Waals surface area contributed by atoms with Crippen LogP contribution in [0.25, 0.3) is 0 Å². The molecular formula is C8H10O3. The van der Waals surface area contributed by atoms with Crippen molar-refractivity contribution in [3.8, 4) is 0 Å². The molecule has 3 heteroatoms. The third-order valence-electron chi connectivity index (χ3n) is 0.880. The summed E-state index contributed by atoms with van der Waals surface area (Å²) in [5, 5.41) is 0. The van der Waals surface area contributed by atoms with Crippen molar-refractivity contribution in [2.24, 2.45) is 0 Å². The van der Waals surface area contributed by atoms with E-state index in [9.17, 15) is 9.59 Å². The molecule has 11 heavy (non-hydrogen) atoms. The molecule has 0 atom stereocenters. The van der Waals surface area contributed by atoms with Crippen molar-refractivity contribution < 1.29 is 14.3 Å². The number of hydrogen-bond acceptors (Lipinski definition) is 3. The first-order valence-corrected chi connectivity index (χ1v) is 3.10. The van der Waals surface area contributed by atoms with Gasteiger partial charge in [-0.05, 0) is 13.8 Å². The molecule has 0 aromatic rings. The molecule has 0 heterocycles. The van der Waals surface area contributed by atoms with Crippen LogP contribution in [0.1, 0.15) is 13.8 Å². The summed E-state index contributed by atoms with van der Waals surface area (Å²) in [6.45, 7) is 3.22. The van der Waals surface area contributed by atoms with E-state index in [0.29, 0.717) is 23.7 Å². The molecule has 0 aliphatic heterocycles. The van der Waals surface area contributed by atoms with Gasteiger partial charge in [-0.25, -0.2) is 0 Å². The third kappa shape index (κ3) is 5.08. The highest BCUT2D eigenvalue weighted by atomic mass is 16.5. The van der Waals surface area contributed by atoms with Crippen LogP contribution in [0.3, 0.4) is 0 Å². The molecule has 0 aliphatic rings. The van der Waals surface area contributed by atoms with Crippen molar-refractivity contribution in [2.45, 2.75) is 13.8 Å². The number of aldehydes is 2. The fraction of sp³-hybridized carbons (Fsp3) is 0.250. The minimum absolute atomic E-state index is 0.472. The molecule has 0 radical (unpaired) electrons. The number of ether oxygens (including phenoxy) is 1. The average Bonchev–Trinajstić information content (AvgIpc) is 2.04. The second-order valence-corrected chi connectivity index (χ2v) is 2.10. The lowest BCUT2D eigenvalue weighted by Gasteiger charge is -1.91. The first-order chi connectivity index (χ1) is 5.20. The maximum atomic E-state index is 10.0. The standard InChI is InChI=1S/C8H10O3/c1-7(3-9)5-11-6-8(2)4-10/h3-6H,1-2H3/b7-5+,8-6+. The zero-order chi connectivity index (χ0) is 8.69. The van der Waals surface area contributed by atoms with Crippen molar-refractivity contribution in [3.63, 3.8) is 0 Å². The van der Waals surface area contributed by atoms with Crippen LogP contribution in [0.4, 0.5) is 0 Å². The maximum absolute atomic E-state index is 10.0. The van der Waals surface area contributed by atoms with Crippen molar-refractivity contribution in [2.75, 3.05) is 0 Å². The Morgan fingerprint density at radius 1 is 1.00 bits per heavy atom. The van der Waals surface area contributed by atoms with Gasteiger partial charge < -0.3 is 4.74 Å². The van der Waals surface area contributed by atoms with E-state index in [1.807, 2.05) is 0 Å². The van der Waals surface area contributed by atoms with E-state index in [4.69, 9.17) is 4.74 Å². The molecule has 0 N–H and O–H groups in total. The highest BCUT2D eigenvalue weighted by Crippen LogP contribution is 1.92. The first-order valence-electron chi connectivity index (χ1n) is 3.10. The third-order valence-corrected chi connectivity index (χ3v) is 0.880. The SMILES string of the molecule is C/C(C=O)=C\O/C=C(\C)C=O. The van der Waals surface area contributed by atoms with Crippen LogP contribution in [0.5, 0.6) is 0 Å². The van der Waals surface area contributed by atoms with Gasteiger partial charge in [-0.15, -0.1) is 0 Å². The van der Waals surface area contributed by atoms with Crippen LogP contribution < -0.4 is 0 Å². The summed E-state index contributed by atoms with van der Waals surface area (Å²) in [4.78, 5) is 20.0. The predicted octanol–water partition coefficient (Wildman–Crippen LogP) is 1.21. The minimum Gasteiger partial charge on any atom is -0.472 e. The van der Waals surface area contributed by atoms with E-state index in [1.54, 1.807) is 13.8 Å². The molecule has 3 nitrogen and oxygen atoms in total. The van der Waals surface area contributed by atoms with Gasteiger partial charge in [0.25, 0.3) is 0 Å². The van der Waals surface area contributed by atoms with E-state index in [0.717, 1.165) is 0 Å². The fourth-order valence-corrected chi connectivity index (χ4v) is 0.304. The molecule has 0 aliphatic carbocycles. The topological polar surface area (TPSA) is 43.4 Å². The van der Waals surface area contributed by atoms with Gasteiger partial charge in [-0.1, -0.05) is 0 Å². The highest BCUT2D eigenvalue weighted by Gasteiger charge is 1.84. The number of rotatable bonds is 4. The summed E-state index contributed by atoms with van der Waals surface area (Å²) in [6.07, 6.45) is 3.90. The molecule has 0 amide bonds.